The molecule has 17 heavy (non-hydrogen) atoms. The molecule has 0 radical (unpaired) electrons. The van der Waals surface area contributed by atoms with Gasteiger partial charge in [0.25, 0.3) is 0 Å². The lowest BCUT2D eigenvalue weighted by atomic mass is 10.2. The van der Waals surface area contributed by atoms with Gasteiger partial charge < -0.3 is 10.4 Å². The fraction of sp³-hybridized carbons (Fsp3) is 0.400. The lowest BCUT2D eigenvalue weighted by Crippen LogP contribution is -2.06. The molecule has 2 rings (SSSR count). The Kier molecular flexibility index (Phi) is 2.90. The SMILES string of the molecule is CNc1nc(C)nc2c(CCC(=O)O)cnn12. The molecule has 2 heterocycles. The van der Waals surface area contributed by atoms with E-state index in [0.717, 1.165) is 5.56 Å². The quantitative estimate of drug-likeness (QED) is 0.801. The topological polar surface area (TPSA) is 92.4 Å². The molecule has 7 heteroatoms. The first-order valence-electron chi connectivity index (χ1n) is 5.22. The summed E-state index contributed by atoms with van der Waals surface area (Å²) in [7, 11) is 1.75. The Hall–Kier alpha value is -2.18. The van der Waals surface area contributed by atoms with Crippen LogP contribution in [0.1, 0.15) is 17.8 Å². The van der Waals surface area contributed by atoms with Crippen LogP contribution in [-0.4, -0.2) is 37.7 Å². The first-order chi connectivity index (χ1) is 8.11. The maximum Gasteiger partial charge on any atom is 0.303 e. The Morgan fingerprint density at radius 1 is 1.53 bits per heavy atom. The molecule has 2 N–H and O–H groups in total. The molecule has 0 fully saturated rings. The number of hydrogen-bond donors (Lipinski definition) is 2. The van der Waals surface area contributed by atoms with E-state index in [4.69, 9.17) is 5.11 Å². The van der Waals surface area contributed by atoms with Gasteiger partial charge in [0.05, 0.1) is 6.20 Å². The predicted octanol–water partition coefficient (Wildman–Crippen LogP) is 0.492. The van der Waals surface area contributed by atoms with E-state index in [1.54, 1.807) is 24.7 Å². The van der Waals surface area contributed by atoms with Crippen molar-refractivity contribution in [3.05, 3.63) is 17.6 Å². The Bertz CT molecular complexity index is 563. The summed E-state index contributed by atoms with van der Waals surface area (Å²) in [6, 6.07) is 0. The number of carboxylic acids is 1. The Balaban J connectivity index is 2.45. The largest absolute Gasteiger partial charge is 0.481 e. The van der Waals surface area contributed by atoms with Gasteiger partial charge >= 0.3 is 5.97 Å². The summed E-state index contributed by atoms with van der Waals surface area (Å²) in [6.07, 6.45) is 2.12. The van der Waals surface area contributed by atoms with Crippen LogP contribution in [0.15, 0.2) is 6.20 Å². The van der Waals surface area contributed by atoms with Gasteiger partial charge in [-0.3, -0.25) is 4.79 Å². The van der Waals surface area contributed by atoms with Crippen LogP contribution in [0.25, 0.3) is 5.65 Å². The summed E-state index contributed by atoms with van der Waals surface area (Å²) in [4.78, 5) is 19.0. The maximum absolute atomic E-state index is 10.5. The molecule has 0 saturated heterocycles. The third-order valence-electron chi connectivity index (χ3n) is 2.38. The fourth-order valence-electron chi connectivity index (χ4n) is 1.61. The second kappa shape index (κ2) is 4.36. The average Bonchev–Trinajstić information content (AvgIpc) is 2.68. The van der Waals surface area contributed by atoms with E-state index in [9.17, 15) is 4.79 Å². The Morgan fingerprint density at radius 2 is 2.29 bits per heavy atom. The molecule has 0 atom stereocenters. The molecule has 0 saturated carbocycles. The minimum atomic E-state index is -0.830. The molecule has 0 aromatic carbocycles. The molecule has 0 aliphatic heterocycles. The van der Waals surface area contributed by atoms with Crippen molar-refractivity contribution in [2.75, 3.05) is 12.4 Å². The molecule has 2 aromatic rings. The highest BCUT2D eigenvalue weighted by molar-refractivity contribution is 5.67. The number of aliphatic carboxylic acids is 1. The highest BCUT2D eigenvalue weighted by Gasteiger charge is 2.11. The fourth-order valence-corrected chi connectivity index (χ4v) is 1.61. The van der Waals surface area contributed by atoms with Crippen LogP contribution < -0.4 is 5.32 Å². The summed E-state index contributed by atoms with van der Waals surface area (Å²) in [5.41, 5.74) is 1.47. The number of carboxylic acid groups (broad SMARTS) is 1. The van der Waals surface area contributed by atoms with Gasteiger partial charge in [-0.2, -0.15) is 14.6 Å². The first kappa shape index (κ1) is 11.3. The summed E-state index contributed by atoms with van der Waals surface area (Å²) >= 11 is 0. The standard InChI is InChI=1S/C10H13N5O2/c1-6-13-9-7(3-4-8(16)17)5-12-15(9)10(11-2)14-6/h5H,3-4H2,1-2H3,(H,16,17)(H,11,13,14). The van der Waals surface area contributed by atoms with E-state index in [1.165, 1.54) is 0 Å². The van der Waals surface area contributed by atoms with Crippen molar-refractivity contribution in [3.63, 3.8) is 0 Å². The second-order valence-corrected chi connectivity index (χ2v) is 3.64. The van der Waals surface area contributed by atoms with Gasteiger partial charge in [0.15, 0.2) is 5.65 Å². The predicted molar refractivity (Wildman–Crippen MR) is 61.0 cm³/mol. The van der Waals surface area contributed by atoms with Crippen molar-refractivity contribution >= 4 is 17.6 Å². The van der Waals surface area contributed by atoms with E-state index >= 15 is 0 Å². The van der Waals surface area contributed by atoms with Crippen molar-refractivity contribution in [1.29, 1.82) is 0 Å². The van der Waals surface area contributed by atoms with Gasteiger partial charge in [-0.1, -0.05) is 0 Å². The highest BCUT2D eigenvalue weighted by atomic mass is 16.4. The van der Waals surface area contributed by atoms with Crippen molar-refractivity contribution in [2.45, 2.75) is 19.8 Å². The van der Waals surface area contributed by atoms with Crippen LogP contribution in [0.5, 0.6) is 0 Å². The zero-order chi connectivity index (χ0) is 12.4. The minimum Gasteiger partial charge on any atom is -0.481 e. The molecule has 0 aliphatic rings. The van der Waals surface area contributed by atoms with Crippen LogP contribution >= 0.6 is 0 Å². The first-order valence-corrected chi connectivity index (χ1v) is 5.22. The Labute approximate surface area is 97.5 Å². The highest BCUT2D eigenvalue weighted by Crippen LogP contribution is 2.14. The molecule has 7 nitrogen and oxygen atoms in total. The summed E-state index contributed by atoms with van der Waals surface area (Å²) in [5, 5.41) is 15.7. The smallest absolute Gasteiger partial charge is 0.303 e. The second-order valence-electron chi connectivity index (χ2n) is 3.64. The minimum absolute atomic E-state index is 0.0687. The summed E-state index contributed by atoms with van der Waals surface area (Å²) in [5.74, 6) is 0.386. The lowest BCUT2D eigenvalue weighted by molar-refractivity contribution is -0.136. The van der Waals surface area contributed by atoms with Crippen molar-refractivity contribution in [1.82, 2.24) is 19.6 Å². The molecule has 0 bridgehead atoms. The van der Waals surface area contributed by atoms with Crippen LogP contribution in [0.4, 0.5) is 5.95 Å². The molecule has 0 unspecified atom stereocenters. The van der Waals surface area contributed by atoms with Crippen molar-refractivity contribution in [2.24, 2.45) is 0 Å². The number of nitrogens with zero attached hydrogens (tertiary/aromatic N) is 4. The number of fused-ring (bicyclic) bond motifs is 1. The van der Waals surface area contributed by atoms with Gasteiger partial charge in [-0.05, 0) is 13.3 Å². The third-order valence-corrected chi connectivity index (χ3v) is 2.38. The normalized spacial score (nSPS) is 10.7. The van der Waals surface area contributed by atoms with Gasteiger partial charge in [0.2, 0.25) is 5.95 Å². The number of carbonyl (C=O) groups is 1. The van der Waals surface area contributed by atoms with Gasteiger partial charge in [0.1, 0.15) is 5.82 Å². The maximum atomic E-state index is 10.5. The number of nitrogens with one attached hydrogen (secondary N) is 1. The molecule has 90 valence electrons. The van der Waals surface area contributed by atoms with Crippen LogP contribution in [0.2, 0.25) is 0 Å². The zero-order valence-corrected chi connectivity index (χ0v) is 9.64. The number of hydrogen-bond acceptors (Lipinski definition) is 5. The van der Waals surface area contributed by atoms with E-state index in [1.807, 2.05) is 0 Å². The van der Waals surface area contributed by atoms with Gasteiger partial charge in [-0.15, -0.1) is 0 Å². The van der Waals surface area contributed by atoms with Crippen LogP contribution in [0.3, 0.4) is 0 Å². The molecule has 0 spiro atoms. The van der Waals surface area contributed by atoms with E-state index in [-0.39, 0.29) is 6.42 Å². The monoisotopic (exact) mass is 235 g/mol. The number of anilines is 1. The molecule has 2 aromatic heterocycles. The molecular weight excluding hydrogens is 222 g/mol. The number of rotatable bonds is 4. The molecule has 0 aliphatic carbocycles. The summed E-state index contributed by atoms with van der Waals surface area (Å²) < 4.78 is 1.57. The Morgan fingerprint density at radius 3 is 2.94 bits per heavy atom. The van der Waals surface area contributed by atoms with Gasteiger partial charge in [-0.25, -0.2) is 4.98 Å². The van der Waals surface area contributed by atoms with E-state index in [2.05, 4.69) is 20.4 Å². The lowest BCUT2D eigenvalue weighted by Gasteiger charge is -2.03. The van der Waals surface area contributed by atoms with Crippen LogP contribution in [0, 0.1) is 6.92 Å². The van der Waals surface area contributed by atoms with E-state index in [0.29, 0.717) is 23.8 Å². The van der Waals surface area contributed by atoms with Crippen molar-refractivity contribution in [3.8, 4) is 0 Å². The summed E-state index contributed by atoms with van der Waals surface area (Å²) in [6.45, 7) is 1.79. The van der Waals surface area contributed by atoms with Crippen LogP contribution in [-0.2, 0) is 11.2 Å². The third kappa shape index (κ3) is 2.17. The zero-order valence-electron chi connectivity index (χ0n) is 9.64. The number of aromatic nitrogens is 4. The van der Waals surface area contributed by atoms with E-state index < -0.39 is 5.97 Å². The molecular formula is C10H13N5O2. The van der Waals surface area contributed by atoms with Gasteiger partial charge in [0, 0.05) is 19.0 Å². The number of aryl methyl sites for hydroxylation is 2. The van der Waals surface area contributed by atoms with Crippen molar-refractivity contribution < 1.29 is 9.90 Å². The molecule has 0 amide bonds. The average molecular weight is 235 g/mol.